The van der Waals surface area contributed by atoms with Gasteiger partial charge in [-0.1, -0.05) is 140 Å². The van der Waals surface area contributed by atoms with E-state index in [2.05, 4.69) is 50.3 Å². The van der Waals surface area contributed by atoms with Gasteiger partial charge in [0, 0.05) is 19.3 Å². The number of carbonyl (C=O) groups is 3. The van der Waals surface area contributed by atoms with Gasteiger partial charge in [-0.15, -0.1) is 0 Å². The Balaban J connectivity index is 4.24. The Morgan fingerprint density at radius 3 is 1.62 bits per heavy atom. The van der Waals surface area contributed by atoms with E-state index < -0.39 is 18.1 Å². The Bertz CT molecular complexity index is 1010. The van der Waals surface area contributed by atoms with Gasteiger partial charge in [0.25, 0.3) is 0 Å². The summed E-state index contributed by atoms with van der Waals surface area (Å²) in [5.41, 5.74) is 0. The molecule has 0 rings (SSSR count). The third-order valence-electron chi connectivity index (χ3n) is 9.21. The summed E-state index contributed by atoms with van der Waals surface area (Å²) in [6, 6.07) is -0.734. The predicted molar refractivity (Wildman–Crippen MR) is 217 cm³/mol. The van der Waals surface area contributed by atoms with Crippen molar-refractivity contribution in [1.82, 2.24) is 0 Å². The molecule has 0 aromatic rings. The summed E-state index contributed by atoms with van der Waals surface area (Å²) in [6.45, 7) is 4.43. The van der Waals surface area contributed by atoms with E-state index in [1.165, 1.54) is 77.0 Å². The molecule has 0 aliphatic carbocycles. The summed E-state index contributed by atoms with van der Waals surface area (Å²) >= 11 is 0. The number of ether oxygens (including phenoxy) is 3. The summed E-state index contributed by atoms with van der Waals surface area (Å²) in [5, 5.41) is 11.6. The number of hydrogen-bond acceptors (Lipinski definition) is 7. The van der Waals surface area contributed by atoms with Crippen LogP contribution >= 0.6 is 0 Å². The van der Waals surface area contributed by atoms with E-state index >= 15 is 0 Å². The van der Waals surface area contributed by atoms with Crippen molar-refractivity contribution in [3.63, 3.8) is 0 Å². The fraction of sp³-hybridized carbons (Fsp3) is 0.756. The highest BCUT2D eigenvalue weighted by Gasteiger charge is 2.25. The fourth-order valence-electron chi connectivity index (χ4n) is 5.93. The van der Waals surface area contributed by atoms with Crippen molar-refractivity contribution in [3.05, 3.63) is 48.6 Å². The molecule has 0 heterocycles. The van der Waals surface area contributed by atoms with Crippen LogP contribution in [0, 0.1) is 0 Å². The molecule has 8 heteroatoms. The second-order valence-corrected chi connectivity index (χ2v) is 15.2. The van der Waals surface area contributed by atoms with Gasteiger partial charge in [0.2, 0.25) is 0 Å². The van der Waals surface area contributed by atoms with E-state index in [9.17, 15) is 19.5 Å². The molecule has 53 heavy (non-hydrogen) atoms. The molecule has 0 saturated carbocycles. The van der Waals surface area contributed by atoms with Crippen LogP contribution < -0.4 is 5.11 Å². The van der Waals surface area contributed by atoms with Gasteiger partial charge in [-0.05, 0) is 57.8 Å². The van der Waals surface area contributed by atoms with Crippen LogP contribution in [0.1, 0.15) is 168 Å². The number of carboxylic acid groups (broad SMARTS) is 1. The first-order chi connectivity index (χ1) is 25.6. The van der Waals surface area contributed by atoms with Gasteiger partial charge >= 0.3 is 11.9 Å². The second kappa shape index (κ2) is 36.3. The molecule has 2 unspecified atom stereocenters. The Hall–Kier alpha value is -2.71. The first-order valence-corrected chi connectivity index (χ1v) is 21.2. The lowest BCUT2D eigenvalue weighted by Crippen LogP contribution is -2.55. The van der Waals surface area contributed by atoms with Crippen molar-refractivity contribution >= 4 is 17.9 Å². The fourth-order valence-corrected chi connectivity index (χ4v) is 5.93. The Morgan fingerprint density at radius 1 is 0.585 bits per heavy atom. The standard InChI is InChI=1S/C45H79NO7/c1-6-8-10-12-14-15-16-17-18-19-20-21-22-23-24-25-26-27-28-30-32-34-36-44(48)53-41(39-51-38-37-42(45(49)50)46(3,4)5)40-52-43(47)35-33-31-29-13-11-9-7-2/h9,11,19-20,22-23,29,31,41-42H,6-8,10,12-18,21,24-28,30,32-40H2,1-5H3/b11-9+,20-19+,23-22+,31-29+. The van der Waals surface area contributed by atoms with Crippen LogP contribution in [0.15, 0.2) is 48.6 Å². The molecular weight excluding hydrogens is 666 g/mol. The minimum Gasteiger partial charge on any atom is -0.544 e. The number of esters is 2. The maximum Gasteiger partial charge on any atom is 0.306 e. The number of quaternary nitrogens is 1. The zero-order chi connectivity index (χ0) is 39.3. The molecule has 2 atom stereocenters. The molecule has 0 aliphatic heterocycles. The van der Waals surface area contributed by atoms with Crippen molar-refractivity contribution in [2.45, 2.75) is 180 Å². The molecule has 0 radical (unpaired) electrons. The minimum atomic E-state index is -1.14. The largest absolute Gasteiger partial charge is 0.544 e. The van der Waals surface area contributed by atoms with Gasteiger partial charge < -0.3 is 28.6 Å². The van der Waals surface area contributed by atoms with Crippen LogP contribution in [0.4, 0.5) is 0 Å². The maximum atomic E-state index is 12.7. The Labute approximate surface area is 325 Å². The molecule has 306 valence electrons. The maximum absolute atomic E-state index is 12.7. The van der Waals surface area contributed by atoms with E-state index in [1.54, 1.807) is 21.1 Å². The van der Waals surface area contributed by atoms with Crippen molar-refractivity contribution in [2.75, 3.05) is 41.0 Å². The van der Waals surface area contributed by atoms with Crippen molar-refractivity contribution in [2.24, 2.45) is 0 Å². The number of rotatable bonds is 37. The van der Waals surface area contributed by atoms with Crippen molar-refractivity contribution in [1.29, 1.82) is 0 Å². The third-order valence-corrected chi connectivity index (χ3v) is 9.21. The number of carbonyl (C=O) groups excluding carboxylic acids is 3. The van der Waals surface area contributed by atoms with Gasteiger partial charge in [-0.3, -0.25) is 9.59 Å². The lowest BCUT2D eigenvalue weighted by molar-refractivity contribution is -0.889. The summed E-state index contributed by atoms with van der Waals surface area (Å²) in [7, 11) is 5.37. The quantitative estimate of drug-likeness (QED) is 0.0270. The zero-order valence-corrected chi connectivity index (χ0v) is 34.7. The average Bonchev–Trinajstić information content (AvgIpc) is 3.11. The first-order valence-electron chi connectivity index (χ1n) is 21.2. The number of hydrogen-bond donors (Lipinski definition) is 0. The van der Waals surface area contributed by atoms with Crippen LogP contribution in [-0.2, 0) is 28.6 Å². The van der Waals surface area contributed by atoms with E-state index in [0.717, 1.165) is 51.4 Å². The van der Waals surface area contributed by atoms with Crippen molar-refractivity contribution in [3.8, 4) is 0 Å². The highest BCUT2D eigenvalue weighted by molar-refractivity contribution is 5.70. The van der Waals surface area contributed by atoms with Crippen molar-refractivity contribution < 1.29 is 38.2 Å². The average molecular weight is 746 g/mol. The molecule has 0 saturated heterocycles. The minimum absolute atomic E-state index is 0.0187. The molecule has 0 N–H and O–H groups in total. The molecular formula is C45H79NO7. The predicted octanol–water partition coefficient (Wildman–Crippen LogP) is 9.91. The van der Waals surface area contributed by atoms with Gasteiger partial charge in [0.05, 0.1) is 40.3 Å². The molecule has 0 aliphatic rings. The Morgan fingerprint density at radius 2 is 1.09 bits per heavy atom. The molecule has 0 aromatic heterocycles. The molecule has 0 aromatic carbocycles. The number of unbranched alkanes of at least 4 members (excludes halogenated alkanes) is 15. The second-order valence-electron chi connectivity index (χ2n) is 15.2. The molecule has 0 fully saturated rings. The van der Waals surface area contributed by atoms with Crippen LogP contribution in [0.25, 0.3) is 0 Å². The number of allylic oxidation sites excluding steroid dienone is 8. The van der Waals surface area contributed by atoms with Crippen LogP contribution in [0.5, 0.6) is 0 Å². The monoisotopic (exact) mass is 746 g/mol. The number of aliphatic carboxylic acids is 1. The van der Waals surface area contributed by atoms with Crippen LogP contribution in [0.2, 0.25) is 0 Å². The summed E-state index contributed by atoms with van der Waals surface area (Å²) < 4.78 is 17.0. The van der Waals surface area contributed by atoms with E-state index in [-0.39, 0.29) is 49.1 Å². The SMILES string of the molecule is CC/C=C/C/C=C/CCC(=O)OCC(COCCC(C(=O)[O-])[N+](C)(C)C)OC(=O)CCCCCCCCC/C=C/C/C=C/CCCCCCCCCC. The third kappa shape index (κ3) is 34.8. The topological polar surface area (TPSA) is 102 Å². The number of nitrogens with zero attached hydrogens (tertiary/aromatic N) is 1. The van der Waals surface area contributed by atoms with Gasteiger partial charge in [-0.2, -0.15) is 0 Å². The highest BCUT2D eigenvalue weighted by atomic mass is 16.6. The van der Waals surface area contributed by atoms with E-state index in [4.69, 9.17) is 14.2 Å². The normalized spacial score (nSPS) is 13.5. The molecule has 8 nitrogen and oxygen atoms in total. The summed E-state index contributed by atoms with van der Waals surface area (Å²) in [6.07, 6.45) is 41.8. The molecule has 0 spiro atoms. The van der Waals surface area contributed by atoms with E-state index in [0.29, 0.717) is 12.8 Å². The lowest BCUT2D eigenvalue weighted by Gasteiger charge is -2.34. The smallest absolute Gasteiger partial charge is 0.306 e. The summed E-state index contributed by atoms with van der Waals surface area (Å²) in [5.74, 6) is -1.84. The van der Waals surface area contributed by atoms with Gasteiger partial charge in [0.1, 0.15) is 12.6 Å². The Kier molecular flexibility index (Phi) is 34.4. The van der Waals surface area contributed by atoms with Crippen LogP contribution in [-0.4, -0.2) is 75.5 Å². The highest BCUT2D eigenvalue weighted by Crippen LogP contribution is 2.13. The lowest BCUT2D eigenvalue weighted by atomic mass is 10.1. The number of likely N-dealkylation sites (N-methyl/N-ethyl adjacent to an activating group) is 1. The van der Waals surface area contributed by atoms with Gasteiger partial charge in [0.15, 0.2) is 6.10 Å². The molecule has 0 amide bonds. The van der Waals surface area contributed by atoms with Gasteiger partial charge in [-0.25, -0.2) is 0 Å². The van der Waals surface area contributed by atoms with Crippen LogP contribution in [0.3, 0.4) is 0 Å². The number of carboxylic acids is 1. The summed E-state index contributed by atoms with van der Waals surface area (Å²) in [4.78, 5) is 36.5. The zero-order valence-electron chi connectivity index (χ0n) is 34.7. The molecule has 0 bridgehead atoms. The van der Waals surface area contributed by atoms with E-state index in [1.807, 2.05) is 12.2 Å². The first kappa shape index (κ1) is 50.3.